The van der Waals surface area contributed by atoms with Gasteiger partial charge in [-0.25, -0.2) is 13.2 Å². The van der Waals surface area contributed by atoms with E-state index in [1.807, 2.05) is 12.1 Å². The monoisotopic (exact) mass is 512 g/mol. The maximum absolute atomic E-state index is 13.5. The van der Waals surface area contributed by atoms with E-state index >= 15 is 0 Å². The molecule has 0 heterocycles. The number of amides is 1. The number of nitrogens with zero attached hydrogens (tertiary/aromatic N) is 1. The van der Waals surface area contributed by atoms with E-state index in [1.54, 1.807) is 12.1 Å². The summed E-state index contributed by atoms with van der Waals surface area (Å²) in [6, 6.07) is 8.89. The van der Waals surface area contributed by atoms with E-state index in [-0.39, 0.29) is 30.5 Å². The minimum Gasteiger partial charge on any atom is -0.352 e. The maximum Gasteiger partial charge on any atom is 0.243 e. The van der Waals surface area contributed by atoms with Crippen LogP contribution in [0.3, 0.4) is 0 Å². The summed E-state index contributed by atoms with van der Waals surface area (Å²) < 4.78 is 39.6. The molecule has 0 radical (unpaired) electrons. The van der Waals surface area contributed by atoms with Crippen molar-refractivity contribution in [3.8, 4) is 0 Å². The Labute approximate surface area is 176 Å². The lowest BCUT2D eigenvalue weighted by Gasteiger charge is -2.13. The minimum atomic E-state index is -1.65. The molecule has 0 saturated heterocycles. The molecule has 0 atom stereocenters. The summed E-state index contributed by atoms with van der Waals surface area (Å²) in [5.41, 5.74) is 0.389. The van der Waals surface area contributed by atoms with Crippen molar-refractivity contribution in [1.82, 2.24) is 10.6 Å². The van der Waals surface area contributed by atoms with Crippen LogP contribution in [0.4, 0.5) is 18.9 Å². The first-order valence-electron chi connectivity index (χ1n) is 7.53. The second-order valence-electron chi connectivity index (χ2n) is 5.14. The van der Waals surface area contributed by atoms with Gasteiger partial charge in [-0.1, -0.05) is 29.8 Å². The largest absolute Gasteiger partial charge is 0.352 e. The van der Waals surface area contributed by atoms with Gasteiger partial charge < -0.3 is 16.0 Å². The third-order valence-electron chi connectivity index (χ3n) is 3.35. The molecule has 3 N–H and O–H groups in total. The fraction of sp³-hybridized carbons (Fsp3) is 0.176. The second kappa shape index (κ2) is 11.0. The van der Waals surface area contributed by atoms with Gasteiger partial charge in [-0.15, -0.1) is 24.0 Å². The molecule has 0 saturated carbocycles. The molecule has 1 amide bonds. The molecule has 0 unspecified atom stereocenters. The molecule has 2 aromatic carbocycles. The van der Waals surface area contributed by atoms with Crippen molar-refractivity contribution in [1.29, 1.82) is 0 Å². The van der Waals surface area contributed by atoms with Crippen molar-refractivity contribution in [3.05, 3.63) is 64.4 Å². The normalized spacial score (nSPS) is 10.8. The van der Waals surface area contributed by atoms with Crippen LogP contribution < -0.4 is 16.0 Å². The SMILES string of the molecule is CN=C(NCC(=O)Nc1ccc(F)c(F)c1F)NCc1ccccc1Cl.I. The van der Waals surface area contributed by atoms with Crippen LogP contribution >= 0.6 is 35.6 Å². The third kappa shape index (κ3) is 6.58. The average Bonchev–Trinajstić information content (AvgIpc) is 2.63. The summed E-state index contributed by atoms with van der Waals surface area (Å²) in [6.07, 6.45) is 0. The molecule has 0 fully saturated rings. The van der Waals surface area contributed by atoms with Crippen molar-refractivity contribution >= 4 is 53.1 Å². The topological polar surface area (TPSA) is 65.5 Å². The Balaban J connectivity index is 0.00000364. The van der Waals surface area contributed by atoms with Gasteiger partial charge in [-0.3, -0.25) is 9.79 Å². The molecule has 0 bridgehead atoms. The summed E-state index contributed by atoms with van der Waals surface area (Å²) in [5.74, 6) is -4.78. The molecular formula is C17H17ClF3IN4O. The lowest BCUT2D eigenvalue weighted by atomic mass is 10.2. The Bertz CT molecular complexity index is 836. The van der Waals surface area contributed by atoms with Crippen LogP contribution in [0.5, 0.6) is 0 Å². The fourth-order valence-corrected chi connectivity index (χ4v) is 2.22. The van der Waals surface area contributed by atoms with Crippen molar-refractivity contribution in [2.45, 2.75) is 6.54 Å². The quantitative estimate of drug-likeness (QED) is 0.248. The smallest absolute Gasteiger partial charge is 0.243 e. The van der Waals surface area contributed by atoms with Gasteiger partial charge in [0, 0.05) is 18.6 Å². The number of halogens is 5. The second-order valence-corrected chi connectivity index (χ2v) is 5.55. The molecule has 146 valence electrons. The maximum atomic E-state index is 13.5. The van der Waals surface area contributed by atoms with Gasteiger partial charge in [-0.2, -0.15) is 0 Å². The highest BCUT2D eigenvalue weighted by Crippen LogP contribution is 2.19. The van der Waals surface area contributed by atoms with E-state index in [2.05, 4.69) is 20.9 Å². The van der Waals surface area contributed by atoms with E-state index in [4.69, 9.17) is 11.6 Å². The zero-order valence-electron chi connectivity index (χ0n) is 14.2. The number of hydrogen-bond acceptors (Lipinski definition) is 2. The first kappa shape index (κ1) is 23.0. The van der Waals surface area contributed by atoms with Crippen molar-refractivity contribution in [2.75, 3.05) is 18.9 Å². The first-order chi connectivity index (χ1) is 12.4. The van der Waals surface area contributed by atoms with Crippen LogP contribution in [0, 0.1) is 17.5 Å². The summed E-state index contributed by atoms with van der Waals surface area (Å²) >= 11 is 6.05. The molecule has 0 aliphatic heterocycles. The summed E-state index contributed by atoms with van der Waals surface area (Å²) in [4.78, 5) is 15.8. The summed E-state index contributed by atoms with van der Waals surface area (Å²) in [6.45, 7) is 0.111. The predicted molar refractivity (Wildman–Crippen MR) is 110 cm³/mol. The summed E-state index contributed by atoms with van der Waals surface area (Å²) in [5, 5.41) is 8.42. The highest BCUT2D eigenvalue weighted by molar-refractivity contribution is 14.0. The van der Waals surface area contributed by atoms with Crippen LogP contribution in [-0.2, 0) is 11.3 Å². The minimum absolute atomic E-state index is 0. The third-order valence-corrected chi connectivity index (χ3v) is 3.72. The lowest BCUT2D eigenvalue weighted by molar-refractivity contribution is -0.115. The van der Waals surface area contributed by atoms with E-state index in [9.17, 15) is 18.0 Å². The lowest BCUT2D eigenvalue weighted by Crippen LogP contribution is -2.41. The Morgan fingerprint density at radius 2 is 1.78 bits per heavy atom. The first-order valence-corrected chi connectivity index (χ1v) is 7.91. The molecule has 0 aliphatic rings. The van der Waals surface area contributed by atoms with Crippen LogP contribution in [-0.4, -0.2) is 25.5 Å². The van der Waals surface area contributed by atoms with Gasteiger partial charge >= 0.3 is 0 Å². The van der Waals surface area contributed by atoms with E-state index in [0.29, 0.717) is 17.5 Å². The van der Waals surface area contributed by atoms with Gasteiger partial charge in [-0.05, 0) is 23.8 Å². The molecule has 0 spiro atoms. The van der Waals surface area contributed by atoms with Crippen LogP contribution in [0.2, 0.25) is 5.02 Å². The molecule has 10 heteroatoms. The van der Waals surface area contributed by atoms with Gasteiger partial charge in [0.15, 0.2) is 23.4 Å². The number of aliphatic imine (C=N–C) groups is 1. The van der Waals surface area contributed by atoms with Crippen molar-refractivity contribution in [3.63, 3.8) is 0 Å². The fourth-order valence-electron chi connectivity index (χ4n) is 2.02. The summed E-state index contributed by atoms with van der Waals surface area (Å²) in [7, 11) is 1.51. The Hall–Kier alpha value is -2.01. The molecule has 2 aromatic rings. The number of anilines is 1. The molecule has 2 rings (SSSR count). The molecular weight excluding hydrogens is 496 g/mol. The van der Waals surface area contributed by atoms with Crippen LogP contribution in [0.1, 0.15) is 5.56 Å². The Kier molecular flexibility index (Phi) is 9.36. The number of benzene rings is 2. The van der Waals surface area contributed by atoms with Gasteiger partial charge in [0.05, 0.1) is 12.2 Å². The van der Waals surface area contributed by atoms with Gasteiger partial charge in [0.1, 0.15) is 0 Å². The number of nitrogens with one attached hydrogen (secondary N) is 3. The highest BCUT2D eigenvalue weighted by atomic mass is 127. The van der Waals surface area contributed by atoms with Gasteiger partial charge in [0.25, 0.3) is 0 Å². The van der Waals surface area contributed by atoms with E-state index in [1.165, 1.54) is 7.05 Å². The van der Waals surface area contributed by atoms with E-state index in [0.717, 1.165) is 17.7 Å². The van der Waals surface area contributed by atoms with Crippen LogP contribution in [0.25, 0.3) is 0 Å². The zero-order valence-corrected chi connectivity index (χ0v) is 17.2. The number of carbonyl (C=O) groups excluding carboxylic acids is 1. The number of guanidine groups is 1. The zero-order chi connectivity index (χ0) is 19.1. The van der Waals surface area contributed by atoms with E-state index < -0.39 is 29.0 Å². The van der Waals surface area contributed by atoms with Crippen molar-refractivity contribution < 1.29 is 18.0 Å². The van der Waals surface area contributed by atoms with Crippen LogP contribution in [0.15, 0.2) is 41.4 Å². The molecule has 5 nitrogen and oxygen atoms in total. The predicted octanol–water partition coefficient (Wildman–Crippen LogP) is 3.68. The van der Waals surface area contributed by atoms with Crippen molar-refractivity contribution in [2.24, 2.45) is 4.99 Å². The molecule has 27 heavy (non-hydrogen) atoms. The molecule has 0 aromatic heterocycles. The Morgan fingerprint density at radius 1 is 1.07 bits per heavy atom. The Morgan fingerprint density at radius 3 is 2.44 bits per heavy atom. The average molecular weight is 513 g/mol. The number of rotatable bonds is 5. The highest BCUT2D eigenvalue weighted by Gasteiger charge is 2.15. The van der Waals surface area contributed by atoms with Gasteiger partial charge in [0.2, 0.25) is 5.91 Å². The number of carbonyl (C=O) groups is 1. The molecule has 0 aliphatic carbocycles. The number of hydrogen-bond donors (Lipinski definition) is 3. The standard InChI is InChI=1S/C17H16ClF3N4O.HI/c1-22-17(23-8-10-4-2-3-5-11(10)18)24-9-14(26)25-13-7-6-12(19)15(20)16(13)21;/h2-7H,8-9H2,1H3,(H,25,26)(H2,22,23,24);1H.